The summed E-state index contributed by atoms with van der Waals surface area (Å²) in [6.45, 7) is 7.63. The van der Waals surface area contributed by atoms with Crippen LogP contribution in [-0.2, 0) is 70.5 Å². The van der Waals surface area contributed by atoms with E-state index >= 15 is 0 Å². The lowest BCUT2D eigenvalue weighted by molar-refractivity contribution is -0.401. The predicted molar refractivity (Wildman–Crippen MR) is 242 cm³/mol. The third kappa shape index (κ3) is 9.21. The van der Waals surface area contributed by atoms with Gasteiger partial charge in [0, 0.05) is 65.7 Å². The molecule has 0 spiro atoms. The third-order valence-corrected chi connectivity index (χ3v) is 15.7. The number of nitrogens with zero attached hydrogens (tertiary/aromatic N) is 3. The van der Waals surface area contributed by atoms with Gasteiger partial charge in [-0.2, -0.15) is 29.8 Å². The fraction of sp³-hybridized carbons (Fsp3) is 0.318. The zero-order valence-corrected chi connectivity index (χ0v) is 39.8. The summed E-state index contributed by atoms with van der Waals surface area (Å²) in [4.78, 5) is 40.1. The van der Waals surface area contributed by atoms with Gasteiger partial charge in [-0.15, -0.1) is 5.06 Å². The summed E-state index contributed by atoms with van der Waals surface area (Å²) >= 11 is 0. The van der Waals surface area contributed by atoms with E-state index < -0.39 is 88.7 Å². The number of hydrogen-bond acceptors (Lipinski definition) is 14. The van der Waals surface area contributed by atoms with Crippen molar-refractivity contribution in [2.75, 3.05) is 18.5 Å². The molecule has 0 saturated carbocycles. The van der Waals surface area contributed by atoms with Crippen molar-refractivity contribution in [2.45, 2.75) is 96.6 Å². The van der Waals surface area contributed by atoms with Gasteiger partial charge in [0.2, 0.25) is 5.69 Å². The molecule has 3 N–H and O–H groups in total. The number of fused-ring (bicyclic) bond motifs is 6. The van der Waals surface area contributed by atoms with Gasteiger partial charge in [0.05, 0.1) is 20.1 Å². The maximum Gasteiger partial charge on any atom is 0.333 e. The van der Waals surface area contributed by atoms with E-state index in [9.17, 15) is 66.3 Å². The molecule has 19 nitrogen and oxygen atoms in total. The smallest absolute Gasteiger partial charge is 0.333 e. The molecule has 0 aromatic heterocycles. The molecule has 3 heterocycles. The van der Waals surface area contributed by atoms with Crippen LogP contribution in [0.5, 0.6) is 0 Å². The lowest BCUT2D eigenvalue weighted by atomic mass is 9.79. The molecular weight excluding hydrogens is 955 g/mol. The minimum Gasteiger partial charge on any atom is -0.744 e. The highest BCUT2D eigenvalue weighted by molar-refractivity contribution is 7.87. The lowest BCUT2D eigenvalue weighted by Crippen LogP contribution is -2.32. The molecule has 2 amide bonds. The number of hydrogen-bond donors (Lipinski definition) is 3. The predicted octanol–water partition coefficient (Wildman–Crippen LogP) is 5.60. The molecule has 23 heteroatoms. The maximum atomic E-state index is 12.5. The summed E-state index contributed by atoms with van der Waals surface area (Å²) in [6.07, 6.45) is 9.86. The number of carbonyl (C=O) groups excluding carboxylic acids is 3. The summed E-state index contributed by atoms with van der Waals surface area (Å²) in [5.74, 6) is -1.94. The first-order valence-corrected chi connectivity index (χ1v) is 26.3. The largest absolute Gasteiger partial charge is 0.744 e. The second-order valence-corrected chi connectivity index (χ2v) is 22.9. The Morgan fingerprint density at radius 2 is 1.28 bits per heavy atom. The maximum absolute atomic E-state index is 12.5. The van der Waals surface area contributed by atoms with E-state index in [2.05, 4.69) is 0 Å². The second-order valence-electron chi connectivity index (χ2n) is 17.3. The molecule has 1 saturated heterocycles. The summed E-state index contributed by atoms with van der Waals surface area (Å²) in [6, 6.07) is 9.66. The monoisotopic (exact) mass is 999 g/mol. The molecule has 0 unspecified atom stereocenters. The van der Waals surface area contributed by atoms with E-state index in [-0.39, 0.29) is 40.8 Å². The molecule has 0 bridgehead atoms. The van der Waals surface area contributed by atoms with E-state index in [1.54, 1.807) is 49.6 Å². The normalized spacial score (nSPS) is 18.1. The first-order chi connectivity index (χ1) is 31.0. The Bertz CT molecular complexity index is 3430. The molecule has 1 fully saturated rings. The number of allylic oxidation sites excluding steroid dienone is 6. The number of rotatable bonds is 14. The molecule has 7 rings (SSSR count). The topological polar surface area (TPSA) is 290 Å². The standard InChI is InChI=1S/C44H45N3O16S4/c1-43(2)36(45(5)32-17-15-28-30(41(32)43)22-26(64(51,52)53)24-34(28)66(57,58)59)12-8-6-9-13-37-44(3,4)42-31-23-27(65(54,55)56)25-35(67(60,61)62)29(31)16-18-33(42)46(37)21-11-7-10-14-40(50)63-47-38(48)19-20-39(47)49/h6,8-9,12-13,15-18,22-25H,7,10-11,14,19-21H2,1-5H3,(H3-,51,52,53,54,55,56,57,58,59,60,61,62). The van der Waals surface area contributed by atoms with Gasteiger partial charge < -0.3 is 14.3 Å². The van der Waals surface area contributed by atoms with Crippen molar-refractivity contribution >= 4 is 96.9 Å². The van der Waals surface area contributed by atoms with Crippen molar-refractivity contribution < 1.29 is 75.7 Å². The summed E-state index contributed by atoms with van der Waals surface area (Å²) in [7, 11) is -18.3. The first kappa shape index (κ1) is 49.3. The Kier molecular flexibility index (Phi) is 12.6. The summed E-state index contributed by atoms with van der Waals surface area (Å²) in [5, 5.41) is 0.739. The van der Waals surface area contributed by atoms with Crippen LogP contribution in [0.2, 0.25) is 0 Å². The van der Waals surface area contributed by atoms with E-state index in [4.69, 9.17) is 4.84 Å². The molecule has 67 heavy (non-hydrogen) atoms. The van der Waals surface area contributed by atoms with Crippen LogP contribution in [0.1, 0.15) is 77.3 Å². The van der Waals surface area contributed by atoms with Crippen molar-refractivity contribution in [1.82, 2.24) is 5.06 Å². The molecule has 3 aliphatic heterocycles. The quantitative estimate of drug-likeness (QED) is 0.0455. The number of carbonyl (C=O) groups is 3. The molecule has 356 valence electrons. The minimum absolute atomic E-state index is 0.0416. The van der Waals surface area contributed by atoms with Crippen LogP contribution < -0.4 is 4.90 Å². The van der Waals surface area contributed by atoms with Crippen molar-refractivity contribution in [1.29, 1.82) is 0 Å². The van der Waals surface area contributed by atoms with Crippen molar-refractivity contribution in [3.63, 3.8) is 0 Å². The molecule has 0 atom stereocenters. The van der Waals surface area contributed by atoms with Crippen LogP contribution in [0.3, 0.4) is 0 Å². The molecule has 4 aromatic carbocycles. The van der Waals surface area contributed by atoms with E-state index in [0.29, 0.717) is 76.9 Å². The zero-order valence-electron chi connectivity index (χ0n) is 36.6. The summed E-state index contributed by atoms with van der Waals surface area (Å²) in [5.41, 5.74) is 1.59. The Morgan fingerprint density at radius 3 is 1.87 bits per heavy atom. The van der Waals surface area contributed by atoms with Gasteiger partial charge in [-0.05, 0) is 90.9 Å². The Morgan fingerprint density at radius 1 is 0.716 bits per heavy atom. The highest BCUT2D eigenvalue weighted by Gasteiger charge is 2.45. The molecule has 0 aliphatic carbocycles. The van der Waals surface area contributed by atoms with Gasteiger partial charge in [-0.1, -0.05) is 44.6 Å². The number of unbranched alkanes of at least 4 members (excludes halogenated alkanes) is 2. The fourth-order valence-corrected chi connectivity index (χ4v) is 11.9. The van der Waals surface area contributed by atoms with E-state index in [1.165, 1.54) is 12.1 Å². The Labute approximate surface area is 386 Å². The van der Waals surface area contributed by atoms with Crippen LogP contribution >= 0.6 is 0 Å². The van der Waals surface area contributed by atoms with Crippen LogP contribution in [0.15, 0.2) is 104 Å². The van der Waals surface area contributed by atoms with E-state index in [1.807, 2.05) is 37.2 Å². The van der Waals surface area contributed by atoms with Crippen LogP contribution in [0, 0.1) is 0 Å². The Hall–Kier alpha value is -5.66. The van der Waals surface area contributed by atoms with Crippen LogP contribution in [0.4, 0.5) is 11.4 Å². The average Bonchev–Trinajstić information content (AvgIpc) is 3.72. The Balaban J connectivity index is 1.23. The highest BCUT2D eigenvalue weighted by Crippen LogP contribution is 2.52. The second kappa shape index (κ2) is 17.1. The minimum atomic E-state index is -5.24. The SMILES string of the molecule is C[N+]1=C(/C=C/C=C/C=C2\N(CCCCCC(=O)ON3C(=O)CCC3=O)c3ccc4c(S(=O)(=O)[O-])cc(S(=O)(=O)O)cc4c3C2(C)C)C(C)(C)c2c1ccc1c(S(=O)(=O)O)cc(S(=O)(=O)O)cc21. The number of benzene rings is 4. The summed E-state index contributed by atoms with van der Waals surface area (Å²) < 4.78 is 143. The van der Waals surface area contributed by atoms with Gasteiger partial charge in [0.25, 0.3) is 42.2 Å². The van der Waals surface area contributed by atoms with Gasteiger partial charge >= 0.3 is 5.97 Å². The number of anilines is 1. The first-order valence-electron chi connectivity index (χ1n) is 20.6. The van der Waals surface area contributed by atoms with Crippen molar-refractivity contribution in [2.24, 2.45) is 0 Å². The van der Waals surface area contributed by atoms with Gasteiger partial charge in [0.1, 0.15) is 22.1 Å². The molecule has 3 aliphatic rings. The number of imide groups is 1. The van der Waals surface area contributed by atoms with Gasteiger partial charge in [0.15, 0.2) is 5.71 Å². The fourth-order valence-electron chi connectivity index (χ4n) is 9.27. The van der Waals surface area contributed by atoms with Crippen molar-refractivity contribution in [3.8, 4) is 0 Å². The van der Waals surface area contributed by atoms with E-state index in [0.717, 1.165) is 12.1 Å². The third-order valence-electron chi connectivity index (χ3n) is 12.3. The highest BCUT2D eigenvalue weighted by atomic mass is 32.2. The van der Waals surface area contributed by atoms with Gasteiger partial charge in [-0.25, -0.2) is 13.2 Å². The number of amides is 2. The van der Waals surface area contributed by atoms with Crippen LogP contribution in [-0.4, -0.2) is 98.6 Å². The average molecular weight is 1000 g/mol. The molecule has 4 aromatic rings. The lowest BCUT2D eigenvalue weighted by Gasteiger charge is -2.27. The zero-order chi connectivity index (χ0) is 49.4. The van der Waals surface area contributed by atoms with Gasteiger partial charge in [-0.3, -0.25) is 23.2 Å². The molecule has 0 radical (unpaired) electrons. The number of hydroxylamine groups is 2. The van der Waals surface area contributed by atoms with Crippen LogP contribution in [0.25, 0.3) is 21.5 Å². The molecular formula is C44H45N3O16S4. The van der Waals surface area contributed by atoms with Crippen molar-refractivity contribution in [3.05, 3.63) is 95.7 Å².